The molecule has 5 nitrogen and oxygen atoms in total. The van der Waals surface area contributed by atoms with Gasteiger partial charge in [0.2, 0.25) is 0 Å². The molecule has 2 aromatic carbocycles. The Balaban J connectivity index is 2.05. The van der Waals surface area contributed by atoms with Crippen LogP contribution in [0.1, 0.15) is 21.5 Å². The quantitative estimate of drug-likeness (QED) is 0.684. The molecule has 0 spiro atoms. The second-order valence-electron chi connectivity index (χ2n) is 5.38. The van der Waals surface area contributed by atoms with Gasteiger partial charge in [-0.15, -0.1) is 0 Å². The number of fused-ring (bicyclic) bond motifs is 1. The first-order valence-electron chi connectivity index (χ1n) is 7.22. The number of aliphatic carboxylic acids is 1. The lowest BCUT2D eigenvalue weighted by Gasteiger charge is -2.18. The van der Waals surface area contributed by atoms with E-state index in [9.17, 15) is 23.2 Å². The average molecular weight is 343 g/mol. The van der Waals surface area contributed by atoms with Gasteiger partial charge in [0.25, 0.3) is 11.7 Å². The van der Waals surface area contributed by atoms with Gasteiger partial charge in [-0.05, 0) is 35.4 Å². The SMILES string of the molecule is O=C(O)/C=C/c1cccc2c1N(Cc1ccc(F)c(F)c1)C(=O)C2=O. The fourth-order valence-corrected chi connectivity index (χ4v) is 2.65. The number of amides is 1. The summed E-state index contributed by atoms with van der Waals surface area (Å²) in [6.07, 6.45) is 2.16. The number of halogens is 2. The van der Waals surface area contributed by atoms with Gasteiger partial charge < -0.3 is 5.11 Å². The summed E-state index contributed by atoms with van der Waals surface area (Å²) in [6.45, 7) is -0.146. The van der Waals surface area contributed by atoms with Crippen LogP contribution in [-0.4, -0.2) is 22.8 Å². The van der Waals surface area contributed by atoms with Gasteiger partial charge in [0.1, 0.15) is 0 Å². The maximum absolute atomic E-state index is 13.4. The molecule has 0 bridgehead atoms. The van der Waals surface area contributed by atoms with Gasteiger partial charge in [-0.3, -0.25) is 14.5 Å². The van der Waals surface area contributed by atoms with Crippen LogP contribution >= 0.6 is 0 Å². The molecule has 0 aromatic heterocycles. The van der Waals surface area contributed by atoms with E-state index >= 15 is 0 Å². The summed E-state index contributed by atoms with van der Waals surface area (Å²) >= 11 is 0. The molecule has 1 N–H and O–H groups in total. The Kier molecular flexibility index (Phi) is 4.14. The number of hydrogen-bond donors (Lipinski definition) is 1. The summed E-state index contributed by atoms with van der Waals surface area (Å²) < 4.78 is 26.4. The number of ketones is 1. The molecule has 0 unspecified atom stereocenters. The van der Waals surface area contributed by atoms with E-state index in [-0.39, 0.29) is 17.8 Å². The van der Waals surface area contributed by atoms with E-state index in [1.54, 1.807) is 6.07 Å². The number of benzene rings is 2. The Morgan fingerprint density at radius 1 is 1.12 bits per heavy atom. The van der Waals surface area contributed by atoms with Gasteiger partial charge in [-0.25, -0.2) is 13.6 Å². The van der Waals surface area contributed by atoms with Crippen molar-refractivity contribution in [2.45, 2.75) is 6.54 Å². The van der Waals surface area contributed by atoms with Crippen LogP contribution in [0.15, 0.2) is 42.5 Å². The Morgan fingerprint density at radius 3 is 2.56 bits per heavy atom. The maximum Gasteiger partial charge on any atom is 0.328 e. The number of carboxylic acid groups (broad SMARTS) is 1. The average Bonchev–Trinajstić information content (AvgIpc) is 2.82. The molecule has 126 valence electrons. The van der Waals surface area contributed by atoms with Crippen LogP contribution in [0.2, 0.25) is 0 Å². The highest BCUT2D eigenvalue weighted by Crippen LogP contribution is 2.34. The molecule has 0 radical (unpaired) electrons. The van der Waals surface area contributed by atoms with Gasteiger partial charge in [0.15, 0.2) is 11.6 Å². The Labute approximate surface area is 140 Å². The highest BCUT2D eigenvalue weighted by Gasteiger charge is 2.37. The summed E-state index contributed by atoms with van der Waals surface area (Å²) in [7, 11) is 0. The molecular formula is C18H11F2NO4. The van der Waals surface area contributed by atoms with Crippen molar-refractivity contribution in [1.29, 1.82) is 0 Å². The number of carbonyl (C=O) groups is 3. The van der Waals surface area contributed by atoms with Crippen LogP contribution in [0.4, 0.5) is 14.5 Å². The van der Waals surface area contributed by atoms with E-state index in [4.69, 9.17) is 5.11 Å². The zero-order chi connectivity index (χ0) is 18.1. The van der Waals surface area contributed by atoms with Crippen molar-refractivity contribution in [3.05, 3.63) is 70.8 Å². The van der Waals surface area contributed by atoms with Crippen molar-refractivity contribution >= 4 is 29.4 Å². The van der Waals surface area contributed by atoms with Crippen LogP contribution in [0.5, 0.6) is 0 Å². The third-order valence-electron chi connectivity index (χ3n) is 3.75. The van der Waals surface area contributed by atoms with E-state index in [0.29, 0.717) is 11.1 Å². The molecule has 1 aliphatic heterocycles. The largest absolute Gasteiger partial charge is 0.478 e. The highest BCUT2D eigenvalue weighted by molar-refractivity contribution is 6.52. The molecule has 0 fully saturated rings. The minimum atomic E-state index is -1.18. The van der Waals surface area contributed by atoms with Gasteiger partial charge in [-0.1, -0.05) is 18.2 Å². The molecule has 25 heavy (non-hydrogen) atoms. The minimum absolute atomic E-state index is 0.139. The number of carbonyl (C=O) groups excluding carboxylic acids is 2. The fraction of sp³-hybridized carbons (Fsp3) is 0.0556. The van der Waals surface area contributed by atoms with Crippen molar-refractivity contribution in [2.75, 3.05) is 4.90 Å². The van der Waals surface area contributed by atoms with Gasteiger partial charge in [0, 0.05) is 6.08 Å². The number of para-hydroxylation sites is 1. The molecule has 0 aliphatic carbocycles. The lowest BCUT2D eigenvalue weighted by Crippen LogP contribution is -2.29. The summed E-state index contributed by atoms with van der Waals surface area (Å²) in [6, 6.07) is 7.74. The number of Topliss-reactive ketones (excluding diaryl/α,β-unsaturated/α-hetero) is 1. The predicted octanol–water partition coefficient (Wildman–Crippen LogP) is 2.79. The summed E-state index contributed by atoms with van der Waals surface area (Å²) in [5, 5.41) is 8.77. The molecule has 3 rings (SSSR count). The third-order valence-corrected chi connectivity index (χ3v) is 3.75. The standard InChI is InChI=1S/C18H11F2NO4/c19-13-6-4-10(8-14(13)20)9-21-16-11(5-7-15(22)23)2-1-3-12(16)17(24)18(21)25/h1-8H,9H2,(H,22,23)/b7-5+. The van der Waals surface area contributed by atoms with Crippen molar-refractivity contribution in [1.82, 2.24) is 0 Å². The van der Waals surface area contributed by atoms with Crippen molar-refractivity contribution in [2.24, 2.45) is 0 Å². The number of carboxylic acids is 1. The molecule has 2 aromatic rings. The topological polar surface area (TPSA) is 74.7 Å². The van der Waals surface area contributed by atoms with E-state index in [2.05, 4.69) is 0 Å². The second-order valence-corrected chi connectivity index (χ2v) is 5.38. The first-order valence-corrected chi connectivity index (χ1v) is 7.22. The van der Waals surface area contributed by atoms with E-state index in [1.807, 2.05) is 0 Å². The molecule has 1 heterocycles. The molecule has 0 atom stereocenters. The lowest BCUT2D eigenvalue weighted by molar-refractivity contribution is -0.131. The van der Waals surface area contributed by atoms with Crippen LogP contribution < -0.4 is 4.90 Å². The predicted molar refractivity (Wildman–Crippen MR) is 85.0 cm³/mol. The normalized spacial score (nSPS) is 13.6. The fourth-order valence-electron chi connectivity index (χ4n) is 2.65. The van der Waals surface area contributed by atoms with Crippen LogP contribution in [0, 0.1) is 11.6 Å². The number of hydrogen-bond acceptors (Lipinski definition) is 3. The van der Waals surface area contributed by atoms with Crippen molar-refractivity contribution < 1.29 is 28.3 Å². The van der Waals surface area contributed by atoms with Crippen molar-refractivity contribution in [3.8, 4) is 0 Å². The zero-order valence-corrected chi connectivity index (χ0v) is 12.7. The van der Waals surface area contributed by atoms with Gasteiger partial charge in [0.05, 0.1) is 17.8 Å². The molecular weight excluding hydrogens is 332 g/mol. The molecule has 0 saturated heterocycles. The number of nitrogens with zero attached hydrogens (tertiary/aromatic N) is 1. The summed E-state index contributed by atoms with van der Waals surface area (Å²) in [4.78, 5) is 36.3. The Hall–Kier alpha value is -3.35. The Bertz CT molecular complexity index is 937. The van der Waals surface area contributed by atoms with Gasteiger partial charge in [-0.2, -0.15) is 0 Å². The van der Waals surface area contributed by atoms with Gasteiger partial charge >= 0.3 is 5.97 Å². The van der Waals surface area contributed by atoms with Crippen molar-refractivity contribution in [3.63, 3.8) is 0 Å². The summed E-state index contributed by atoms with van der Waals surface area (Å²) in [5.41, 5.74) is 1.05. The van der Waals surface area contributed by atoms with E-state index in [1.165, 1.54) is 24.3 Å². The lowest BCUT2D eigenvalue weighted by atomic mass is 10.1. The minimum Gasteiger partial charge on any atom is -0.478 e. The first kappa shape index (κ1) is 16.5. The van der Waals surface area contributed by atoms with Crippen LogP contribution in [0.3, 0.4) is 0 Å². The van der Waals surface area contributed by atoms with Crippen LogP contribution in [0.25, 0.3) is 6.08 Å². The number of rotatable bonds is 4. The van der Waals surface area contributed by atoms with E-state index in [0.717, 1.165) is 23.1 Å². The molecule has 1 aliphatic rings. The monoisotopic (exact) mass is 343 g/mol. The molecule has 0 saturated carbocycles. The smallest absolute Gasteiger partial charge is 0.328 e. The molecule has 7 heteroatoms. The van der Waals surface area contributed by atoms with E-state index < -0.39 is 29.3 Å². The Morgan fingerprint density at radius 2 is 1.88 bits per heavy atom. The second kappa shape index (κ2) is 6.27. The first-order chi connectivity index (χ1) is 11.9. The third kappa shape index (κ3) is 3.03. The highest BCUT2D eigenvalue weighted by atomic mass is 19.2. The maximum atomic E-state index is 13.4. The summed E-state index contributed by atoms with van der Waals surface area (Å²) in [5.74, 6) is -4.80. The number of anilines is 1. The van der Waals surface area contributed by atoms with Crippen LogP contribution in [-0.2, 0) is 16.1 Å². The molecule has 1 amide bonds. The zero-order valence-electron chi connectivity index (χ0n) is 12.7.